The Morgan fingerprint density at radius 3 is 2.83 bits per heavy atom. The standard InChI is InChI=1S/C23H20N2O3S/c1-15-3-5-16(6-4-15)11-20-14-24-23(29-20)25-22(26)10-8-19-13-17-12-18(27-2)7-9-21(17)28-19/h3-10,12-14H,11H2,1-2H3,(H,24,25,26). The SMILES string of the molecule is COc1ccc2oc(C=CC(=O)Nc3ncc(Cc4ccc(C)cc4)s3)cc2c1. The van der Waals surface area contributed by atoms with Crippen LogP contribution in [-0.4, -0.2) is 18.0 Å². The van der Waals surface area contributed by atoms with Gasteiger partial charge in [-0.05, 0) is 42.8 Å². The Balaban J connectivity index is 1.38. The summed E-state index contributed by atoms with van der Waals surface area (Å²) in [7, 11) is 1.62. The first-order valence-electron chi connectivity index (χ1n) is 9.16. The lowest BCUT2D eigenvalue weighted by Crippen LogP contribution is -2.06. The fourth-order valence-corrected chi connectivity index (χ4v) is 3.76. The molecule has 146 valence electrons. The Morgan fingerprint density at radius 2 is 2.03 bits per heavy atom. The minimum Gasteiger partial charge on any atom is -0.497 e. The number of nitrogens with zero attached hydrogens (tertiary/aromatic N) is 1. The van der Waals surface area contributed by atoms with Gasteiger partial charge in [0.25, 0.3) is 0 Å². The molecule has 2 heterocycles. The molecule has 5 nitrogen and oxygen atoms in total. The molecule has 0 saturated carbocycles. The maximum absolute atomic E-state index is 12.2. The number of carbonyl (C=O) groups excluding carboxylic acids is 1. The number of thiazole rings is 1. The lowest BCUT2D eigenvalue weighted by atomic mass is 10.1. The van der Waals surface area contributed by atoms with Gasteiger partial charge in [0.05, 0.1) is 7.11 Å². The fourth-order valence-electron chi connectivity index (χ4n) is 2.91. The van der Waals surface area contributed by atoms with Crippen LogP contribution in [0.2, 0.25) is 0 Å². The summed E-state index contributed by atoms with van der Waals surface area (Å²) in [6.07, 6.45) is 5.68. The van der Waals surface area contributed by atoms with E-state index >= 15 is 0 Å². The largest absolute Gasteiger partial charge is 0.497 e. The van der Waals surface area contributed by atoms with Crippen LogP contribution in [-0.2, 0) is 11.2 Å². The summed E-state index contributed by atoms with van der Waals surface area (Å²) in [4.78, 5) is 17.6. The molecule has 1 N–H and O–H groups in total. The Morgan fingerprint density at radius 1 is 1.21 bits per heavy atom. The van der Waals surface area contributed by atoms with Crippen LogP contribution in [0.1, 0.15) is 21.8 Å². The molecule has 29 heavy (non-hydrogen) atoms. The van der Waals surface area contributed by atoms with Crippen LogP contribution >= 0.6 is 11.3 Å². The van der Waals surface area contributed by atoms with Crippen LogP contribution in [0, 0.1) is 6.92 Å². The number of fused-ring (bicyclic) bond motifs is 1. The summed E-state index contributed by atoms with van der Waals surface area (Å²) in [6.45, 7) is 2.07. The first kappa shape index (κ1) is 19.0. The Hall–Kier alpha value is -3.38. The molecular formula is C23H20N2O3S. The fraction of sp³-hybridized carbons (Fsp3) is 0.130. The van der Waals surface area contributed by atoms with Gasteiger partial charge in [0.2, 0.25) is 5.91 Å². The maximum Gasteiger partial charge on any atom is 0.250 e. The molecule has 0 spiro atoms. The number of aryl methyl sites for hydroxylation is 1. The molecule has 0 atom stereocenters. The molecule has 4 rings (SSSR count). The average molecular weight is 404 g/mol. The third kappa shape index (κ3) is 4.73. The van der Waals surface area contributed by atoms with Crippen molar-refractivity contribution >= 4 is 39.4 Å². The predicted octanol–water partition coefficient (Wildman–Crippen LogP) is 5.45. The molecule has 0 aliphatic rings. The first-order valence-corrected chi connectivity index (χ1v) is 9.97. The van der Waals surface area contributed by atoms with Crippen molar-refractivity contribution in [1.29, 1.82) is 0 Å². The third-order valence-electron chi connectivity index (χ3n) is 4.42. The van der Waals surface area contributed by atoms with E-state index in [0.717, 1.165) is 28.0 Å². The summed E-state index contributed by atoms with van der Waals surface area (Å²) in [5, 5.41) is 4.30. The molecule has 0 aliphatic carbocycles. The van der Waals surface area contributed by atoms with Gasteiger partial charge in [-0.15, -0.1) is 11.3 Å². The van der Waals surface area contributed by atoms with Crippen molar-refractivity contribution in [2.24, 2.45) is 0 Å². The van der Waals surface area contributed by atoms with Crippen molar-refractivity contribution in [2.75, 3.05) is 12.4 Å². The number of benzene rings is 2. The van der Waals surface area contributed by atoms with Gasteiger partial charge < -0.3 is 9.15 Å². The van der Waals surface area contributed by atoms with Gasteiger partial charge in [0, 0.05) is 29.0 Å². The Kier molecular flexibility index (Phi) is 5.44. The Labute approximate surface area is 172 Å². The number of aromatic nitrogens is 1. The topological polar surface area (TPSA) is 64.4 Å². The predicted molar refractivity (Wildman–Crippen MR) is 117 cm³/mol. The van der Waals surface area contributed by atoms with E-state index in [0.29, 0.717) is 10.9 Å². The van der Waals surface area contributed by atoms with E-state index in [1.807, 2.05) is 24.3 Å². The summed E-state index contributed by atoms with van der Waals surface area (Å²) in [6, 6.07) is 15.8. The second-order valence-electron chi connectivity index (χ2n) is 6.67. The van der Waals surface area contributed by atoms with Crippen LogP contribution in [0.25, 0.3) is 17.0 Å². The molecule has 0 aliphatic heterocycles. The van der Waals surface area contributed by atoms with E-state index in [9.17, 15) is 4.79 Å². The van der Waals surface area contributed by atoms with Gasteiger partial charge in [-0.3, -0.25) is 10.1 Å². The minimum absolute atomic E-state index is 0.251. The smallest absolute Gasteiger partial charge is 0.250 e. The highest BCUT2D eigenvalue weighted by atomic mass is 32.1. The number of carbonyl (C=O) groups is 1. The third-order valence-corrected chi connectivity index (χ3v) is 5.34. The van der Waals surface area contributed by atoms with Crippen LogP contribution in [0.4, 0.5) is 5.13 Å². The second kappa shape index (κ2) is 8.32. The van der Waals surface area contributed by atoms with Crippen LogP contribution in [0.15, 0.2) is 65.2 Å². The number of hydrogen-bond acceptors (Lipinski definition) is 5. The molecule has 1 amide bonds. The van der Waals surface area contributed by atoms with Gasteiger partial charge in [-0.1, -0.05) is 29.8 Å². The number of ether oxygens (including phenoxy) is 1. The van der Waals surface area contributed by atoms with E-state index in [1.165, 1.54) is 28.5 Å². The minimum atomic E-state index is -0.251. The van der Waals surface area contributed by atoms with E-state index < -0.39 is 0 Å². The summed E-state index contributed by atoms with van der Waals surface area (Å²) in [5.41, 5.74) is 3.20. The second-order valence-corrected chi connectivity index (χ2v) is 7.78. The van der Waals surface area contributed by atoms with E-state index in [2.05, 4.69) is 41.5 Å². The number of nitrogens with one attached hydrogen (secondary N) is 1. The van der Waals surface area contributed by atoms with Crippen molar-refractivity contribution in [3.05, 3.63) is 82.6 Å². The summed E-state index contributed by atoms with van der Waals surface area (Å²) in [5.74, 6) is 1.11. The molecule has 2 aromatic carbocycles. The molecular weight excluding hydrogens is 384 g/mol. The van der Waals surface area contributed by atoms with Crippen LogP contribution < -0.4 is 10.1 Å². The monoisotopic (exact) mass is 404 g/mol. The highest BCUT2D eigenvalue weighted by molar-refractivity contribution is 7.15. The number of rotatable bonds is 6. The van der Waals surface area contributed by atoms with Crippen LogP contribution in [0.5, 0.6) is 5.75 Å². The van der Waals surface area contributed by atoms with Gasteiger partial charge >= 0.3 is 0 Å². The molecule has 2 aromatic heterocycles. The highest BCUT2D eigenvalue weighted by Crippen LogP contribution is 2.25. The first-order chi connectivity index (χ1) is 14.1. The number of furan rings is 1. The quantitative estimate of drug-likeness (QED) is 0.434. The molecule has 0 radical (unpaired) electrons. The molecule has 0 saturated heterocycles. The number of amides is 1. The van der Waals surface area contributed by atoms with E-state index in [-0.39, 0.29) is 5.91 Å². The molecule has 0 fully saturated rings. The number of methoxy groups -OCH3 is 1. The van der Waals surface area contributed by atoms with Crippen molar-refractivity contribution in [1.82, 2.24) is 4.98 Å². The van der Waals surface area contributed by atoms with Gasteiger partial charge in [0.15, 0.2) is 5.13 Å². The van der Waals surface area contributed by atoms with Gasteiger partial charge in [-0.25, -0.2) is 4.98 Å². The lowest BCUT2D eigenvalue weighted by Gasteiger charge is -1.99. The van der Waals surface area contributed by atoms with E-state index in [4.69, 9.17) is 9.15 Å². The Bertz CT molecular complexity index is 1170. The summed E-state index contributed by atoms with van der Waals surface area (Å²) < 4.78 is 10.9. The van der Waals surface area contributed by atoms with Crippen molar-refractivity contribution in [3.63, 3.8) is 0 Å². The highest BCUT2D eigenvalue weighted by Gasteiger charge is 2.07. The zero-order valence-electron chi connectivity index (χ0n) is 16.1. The molecule has 6 heteroatoms. The normalized spacial score (nSPS) is 11.2. The van der Waals surface area contributed by atoms with Gasteiger partial charge in [0.1, 0.15) is 17.1 Å². The lowest BCUT2D eigenvalue weighted by molar-refractivity contribution is -0.111. The maximum atomic E-state index is 12.2. The molecule has 0 unspecified atom stereocenters. The molecule has 4 aromatic rings. The van der Waals surface area contributed by atoms with E-state index in [1.54, 1.807) is 19.4 Å². The van der Waals surface area contributed by atoms with Crippen molar-refractivity contribution < 1.29 is 13.9 Å². The van der Waals surface area contributed by atoms with Gasteiger partial charge in [-0.2, -0.15) is 0 Å². The average Bonchev–Trinajstić information content (AvgIpc) is 3.33. The zero-order valence-corrected chi connectivity index (χ0v) is 17.0. The van der Waals surface area contributed by atoms with Crippen molar-refractivity contribution in [2.45, 2.75) is 13.3 Å². The molecule has 0 bridgehead atoms. The zero-order chi connectivity index (χ0) is 20.2. The summed E-state index contributed by atoms with van der Waals surface area (Å²) >= 11 is 1.48. The van der Waals surface area contributed by atoms with Crippen molar-refractivity contribution in [3.8, 4) is 5.75 Å². The number of hydrogen-bond donors (Lipinski definition) is 1. The number of anilines is 1. The van der Waals surface area contributed by atoms with Crippen LogP contribution in [0.3, 0.4) is 0 Å².